The van der Waals surface area contributed by atoms with Gasteiger partial charge in [-0.05, 0) is 35.4 Å². The highest BCUT2D eigenvalue weighted by molar-refractivity contribution is 7.16. The van der Waals surface area contributed by atoms with E-state index in [0.29, 0.717) is 5.02 Å². The molecule has 28 heavy (non-hydrogen) atoms. The number of aromatic nitrogens is 3. The zero-order chi connectivity index (χ0) is 20.3. The molecular formula is C18H15ClN4O4S. The van der Waals surface area contributed by atoms with E-state index in [1.54, 1.807) is 24.1 Å². The van der Waals surface area contributed by atoms with Crippen LogP contribution in [0.1, 0.15) is 17.2 Å². The second kappa shape index (κ2) is 8.24. The van der Waals surface area contributed by atoms with Gasteiger partial charge in [0, 0.05) is 24.5 Å². The minimum absolute atomic E-state index is 0.0170. The first kappa shape index (κ1) is 19.6. The fraction of sp³-hybridized carbons (Fsp3) is 0.111. The molecule has 2 heterocycles. The average Bonchev–Trinajstić information content (AvgIpc) is 3.26. The maximum atomic E-state index is 11.9. The summed E-state index contributed by atoms with van der Waals surface area (Å²) in [5.41, 5.74) is 3.17. The molecule has 0 bridgehead atoms. The number of imidazole rings is 1. The molecule has 144 valence electrons. The monoisotopic (exact) mass is 418 g/mol. The van der Waals surface area contributed by atoms with E-state index in [9.17, 15) is 4.79 Å². The third kappa shape index (κ3) is 4.21. The van der Waals surface area contributed by atoms with Gasteiger partial charge >= 0.3 is 4.87 Å². The van der Waals surface area contributed by atoms with Gasteiger partial charge in [0.1, 0.15) is 0 Å². The number of aryl methyl sites for hydroxylation is 1. The Bertz CT molecular complexity index is 1150. The van der Waals surface area contributed by atoms with Crippen LogP contribution in [0.4, 0.5) is 0 Å². The SMILES string of the molecule is Cn1c(=O)sc2cc(C(c3ccc(Cl)cc3)n3ccnc3)ccc21.O=[N+]([O-])O. The van der Waals surface area contributed by atoms with Crippen LogP contribution in [0.2, 0.25) is 5.02 Å². The van der Waals surface area contributed by atoms with Crippen molar-refractivity contribution in [3.8, 4) is 0 Å². The first-order valence-corrected chi connectivity index (χ1v) is 9.22. The Morgan fingerprint density at radius 1 is 1.21 bits per heavy atom. The third-order valence-corrected chi connectivity index (χ3v) is 5.39. The predicted octanol–water partition coefficient (Wildman–Crippen LogP) is 3.74. The summed E-state index contributed by atoms with van der Waals surface area (Å²) in [6.07, 6.45) is 5.51. The van der Waals surface area contributed by atoms with Gasteiger partial charge in [0.25, 0.3) is 5.09 Å². The lowest BCUT2D eigenvalue weighted by atomic mass is 9.98. The van der Waals surface area contributed by atoms with Crippen LogP contribution in [0.3, 0.4) is 0 Å². The molecule has 1 N–H and O–H groups in total. The number of nitrogens with zero attached hydrogens (tertiary/aromatic N) is 4. The molecule has 0 spiro atoms. The summed E-state index contributed by atoms with van der Waals surface area (Å²) >= 11 is 7.30. The van der Waals surface area contributed by atoms with E-state index in [0.717, 1.165) is 21.3 Å². The van der Waals surface area contributed by atoms with E-state index >= 15 is 0 Å². The van der Waals surface area contributed by atoms with Gasteiger partial charge in [0.2, 0.25) is 0 Å². The zero-order valence-corrected chi connectivity index (χ0v) is 16.2. The van der Waals surface area contributed by atoms with Gasteiger partial charge in [0.05, 0.1) is 22.6 Å². The van der Waals surface area contributed by atoms with Crippen LogP contribution in [-0.2, 0) is 7.05 Å². The lowest BCUT2D eigenvalue weighted by Crippen LogP contribution is -2.10. The van der Waals surface area contributed by atoms with E-state index in [1.165, 1.54) is 11.3 Å². The largest absolute Gasteiger partial charge is 0.328 e. The maximum absolute atomic E-state index is 11.9. The second-order valence-electron chi connectivity index (χ2n) is 5.86. The van der Waals surface area contributed by atoms with Crippen LogP contribution < -0.4 is 4.87 Å². The Labute approximate surface area is 168 Å². The molecule has 2 aromatic carbocycles. The van der Waals surface area contributed by atoms with Crippen LogP contribution in [0, 0.1) is 10.1 Å². The third-order valence-electron chi connectivity index (χ3n) is 4.14. The van der Waals surface area contributed by atoms with Crippen molar-refractivity contribution < 1.29 is 10.3 Å². The highest BCUT2D eigenvalue weighted by Crippen LogP contribution is 2.30. The molecule has 1 unspecified atom stereocenters. The molecule has 0 radical (unpaired) electrons. The minimum atomic E-state index is -1.50. The predicted molar refractivity (Wildman–Crippen MR) is 107 cm³/mol. The Kier molecular flexibility index (Phi) is 5.76. The summed E-state index contributed by atoms with van der Waals surface area (Å²) in [7, 11) is 1.80. The minimum Gasteiger partial charge on any atom is -0.328 e. The van der Waals surface area contributed by atoms with Crippen LogP contribution in [0.5, 0.6) is 0 Å². The van der Waals surface area contributed by atoms with Crippen molar-refractivity contribution in [3.63, 3.8) is 0 Å². The Hall–Kier alpha value is -3.17. The molecule has 0 amide bonds. The maximum Gasteiger partial charge on any atom is 0.307 e. The summed E-state index contributed by atoms with van der Waals surface area (Å²) in [6.45, 7) is 0. The summed E-state index contributed by atoms with van der Waals surface area (Å²) in [5, 5.41) is 14.3. The lowest BCUT2D eigenvalue weighted by Gasteiger charge is -2.20. The van der Waals surface area contributed by atoms with Crippen LogP contribution >= 0.6 is 22.9 Å². The molecule has 0 aliphatic heterocycles. The van der Waals surface area contributed by atoms with E-state index in [1.807, 2.05) is 36.5 Å². The van der Waals surface area contributed by atoms with Gasteiger partial charge in [-0.3, -0.25) is 4.79 Å². The molecule has 10 heteroatoms. The zero-order valence-electron chi connectivity index (χ0n) is 14.6. The normalized spacial score (nSPS) is 11.6. The molecule has 0 aliphatic rings. The first-order chi connectivity index (χ1) is 13.4. The molecule has 2 aromatic heterocycles. The van der Waals surface area contributed by atoms with Crippen molar-refractivity contribution in [2.45, 2.75) is 6.04 Å². The van der Waals surface area contributed by atoms with Crippen molar-refractivity contribution in [2.75, 3.05) is 0 Å². The van der Waals surface area contributed by atoms with Crippen molar-refractivity contribution in [2.24, 2.45) is 7.05 Å². The van der Waals surface area contributed by atoms with Gasteiger partial charge in [-0.15, -0.1) is 10.1 Å². The summed E-state index contributed by atoms with van der Waals surface area (Å²) < 4.78 is 4.72. The standard InChI is InChI=1S/C18H14ClN3OS.HNO3/c1-21-15-7-4-13(10-16(15)24-18(21)23)17(22-9-8-20-11-22)12-2-5-14(19)6-3-12;2-1(3)4/h2-11,17H,1H3;(H,2,3,4). The number of benzene rings is 2. The van der Waals surface area contributed by atoms with E-state index < -0.39 is 5.09 Å². The molecule has 8 nitrogen and oxygen atoms in total. The second-order valence-corrected chi connectivity index (χ2v) is 7.29. The number of halogens is 1. The quantitative estimate of drug-likeness (QED) is 0.403. The Morgan fingerprint density at radius 2 is 1.86 bits per heavy atom. The lowest BCUT2D eigenvalue weighted by molar-refractivity contribution is -0.742. The van der Waals surface area contributed by atoms with E-state index in [2.05, 4.69) is 21.7 Å². The first-order valence-electron chi connectivity index (χ1n) is 8.02. The molecule has 0 aliphatic carbocycles. The van der Waals surface area contributed by atoms with Gasteiger partial charge in [-0.25, -0.2) is 4.98 Å². The van der Waals surface area contributed by atoms with Gasteiger partial charge in [-0.1, -0.05) is 41.1 Å². The van der Waals surface area contributed by atoms with Crippen LogP contribution in [0.15, 0.2) is 66.0 Å². The van der Waals surface area contributed by atoms with Gasteiger partial charge in [-0.2, -0.15) is 0 Å². The molecule has 0 saturated heterocycles. The fourth-order valence-electron chi connectivity index (χ4n) is 2.92. The fourth-order valence-corrected chi connectivity index (χ4v) is 3.98. The molecule has 1 atom stereocenters. The van der Waals surface area contributed by atoms with Gasteiger partial charge < -0.3 is 14.3 Å². The summed E-state index contributed by atoms with van der Waals surface area (Å²) in [6, 6.07) is 13.9. The number of rotatable bonds is 3. The number of thiazole rings is 1. The molecule has 4 rings (SSSR count). The Balaban J connectivity index is 0.000000516. The van der Waals surface area contributed by atoms with Crippen molar-refractivity contribution in [1.29, 1.82) is 0 Å². The molecule has 0 fully saturated rings. The molecule has 0 saturated carbocycles. The van der Waals surface area contributed by atoms with Crippen molar-refractivity contribution >= 4 is 33.2 Å². The molecular weight excluding hydrogens is 404 g/mol. The van der Waals surface area contributed by atoms with Gasteiger partial charge in [0.15, 0.2) is 0 Å². The van der Waals surface area contributed by atoms with Crippen LogP contribution in [-0.4, -0.2) is 24.4 Å². The van der Waals surface area contributed by atoms with Crippen molar-refractivity contribution in [3.05, 3.63) is 97.1 Å². The number of fused-ring (bicyclic) bond motifs is 1. The highest BCUT2D eigenvalue weighted by Gasteiger charge is 2.17. The molecule has 4 aromatic rings. The number of hydrogen-bond donors (Lipinski definition) is 1. The Morgan fingerprint density at radius 3 is 2.46 bits per heavy atom. The topological polar surface area (TPSA) is 103 Å². The summed E-state index contributed by atoms with van der Waals surface area (Å²) in [4.78, 5) is 24.5. The van der Waals surface area contributed by atoms with Crippen LogP contribution in [0.25, 0.3) is 10.2 Å². The average molecular weight is 419 g/mol. The smallest absolute Gasteiger partial charge is 0.307 e. The van der Waals surface area contributed by atoms with E-state index in [-0.39, 0.29) is 10.9 Å². The van der Waals surface area contributed by atoms with E-state index in [4.69, 9.17) is 26.9 Å². The van der Waals surface area contributed by atoms with Crippen molar-refractivity contribution in [1.82, 2.24) is 14.1 Å². The number of hydrogen-bond acceptors (Lipinski definition) is 5. The summed E-state index contributed by atoms with van der Waals surface area (Å²) in [5.74, 6) is 0. The highest BCUT2D eigenvalue weighted by atomic mass is 35.5.